The normalized spacial score (nSPS) is 16.4. The van der Waals surface area contributed by atoms with Crippen LogP contribution in [0.5, 0.6) is 0 Å². The van der Waals surface area contributed by atoms with E-state index in [1.165, 1.54) is 0 Å². The van der Waals surface area contributed by atoms with Crippen LogP contribution < -0.4 is 5.32 Å². The molecular weight excluding hydrogens is 296 g/mol. The molecule has 1 N–H and O–H groups in total. The molecule has 20 heavy (non-hydrogen) atoms. The molecule has 1 fully saturated rings. The largest absolute Gasteiger partial charge is 0.356 e. The zero-order valence-electron chi connectivity index (χ0n) is 11.6. The van der Waals surface area contributed by atoms with E-state index in [1.54, 1.807) is 12.3 Å². The molecular formula is C13H20N2O3S2. The Morgan fingerprint density at radius 1 is 1.45 bits per heavy atom. The Bertz CT molecular complexity index is 560. The first-order valence-electron chi connectivity index (χ1n) is 6.91. The van der Waals surface area contributed by atoms with E-state index in [9.17, 15) is 13.2 Å². The number of hydrogen-bond acceptors (Lipinski definition) is 5. The highest BCUT2D eigenvalue weighted by Gasteiger charge is 2.22. The first kappa shape index (κ1) is 15.4. The first-order valence-corrected chi connectivity index (χ1v) is 9.45. The zero-order valence-corrected chi connectivity index (χ0v) is 13.2. The second-order valence-electron chi connectivity index (χ2n) is 5.20. The van der Waals surface area contributed by atoms with Gasteiger partial charge in [0.2, 0.25) is 20.1 Å². The molecule has 0 aliphatic heterocycles. The molecule has 0 spiro atoms. The number of aromatic nitrogens is 1. The number of carbonyl (C=O) groups is 1. The van der Waals surface area contributed by atoms with Gasteiger partial charge in [-0.25, -0.2) is 13.4 Å². The predicted molar refractivity (Wildman–Crippen MR) is 78.5 cm³/mol. The van der Waals surface area contributed by atoms with Gasteiger partial charge in [-0.1, -0.05) is 12.8 Å². The van der Waals surface area contributed by atoms with E-state index in [1.807, 2.05) is 0 Å². The summed E-state index contributed by atoms with van der Waals surface area (Å²) in [5, 5.41) is 4.56. The van der Waals surface area contributed by atoms with Crippen molar-refractivity contribution in [3.8, 4) is 0 Å². The van der Waals surface area contributed by atoms with Gasteiger partial charge in [-0.2, -0.15) is 0 Å². The smallest absolute Gasteiger partial charge is 0.223 e. The lowest BCUT2D eigenvalue weighted by Crippen LogP contribution is -2.30. The molecule has 0 bridgehead atoms. The molecule has 0 aromatic carbocycles. The van der Waals surface area contributed by atoms with Gasteiger partial charge in [-0.3, -0.25) is 4.79 Å². The van der Waals surface area contributed by atoms with Crippen LogP contribution in [-0.2, 0) is 14.6 Å². The maximum absolute atomic E-state index is 12.0. The number of sulfone groups is 1. The minimum absolute atomic E-state index is 0.0326. The molecule has 0 radical (unpaired) electrons. The Morgan fingerprint density at radius 2 is 2.15 bits per heavy atom. The average molecular weight is 316 g/mol. The number of rotatable bonds is 6. The van der Waals surface area contributed by atoms with Crippen molar-refractivity contribution in [1.82, 2.24) is 10.3 Å². The second kappa shape index (κ2) is 6.67. The Labute approximate surface area is 123 Å². The van der Waals surface area contributed by atoms with Gasteiger partial charge < -0.3 is 5.32 Å². The van der Waals surface area contributed by atoms with Crippen molar-refractivity contribution in [1.29, 1.82) is 0 Å². The monoisotopic (exact) mass is 316 g/mol. The maximum Gasteiger partial charge on any atom is 0.223 e. The number of aryl methyl sites for hydroxylation is 1. The Balaban J connectivity index is 1.74. The molecule has 112 valence electrons. The van der Waals surface area contributed by atoms with Gasteiger partial charge >= 0.3 is 0 Å². The third-order valence-electron chi connectivity index (χ3n) is 3.48. The van der Waals surface area contributed by atoms with Crippen molar-refractivity contribution in [2.75, 3.05) is 12.3 Å². The maximum atomic E-state index is 12.0. The Hall–Kier alpha value is -0.950. The van der Waals surface area contributed by atoms with Crippen molar-refractivity contribution < 1.29 is 13.2 Å². The molecule has 2 rings (SSSR count). The average Bonchev–Trinajstić information content (AvgIpc) is 3.05. The van der Waals surface area contributed by atoms with Crippen LogP contribution in [0, 0.1) is 12.8 Å². The van der Waals surface area contributed by atoms with Crippen LogP contribution in [0.3, 0.4) is 0 Å². The van der Waals surface area contributed by atoms with E-state index in [2.05, 4.69) is 10.3 Å². The number of nitrogens with zero attached hydrogens (tertiary/aromatic N) is 1. The molecule has 1 heterocycles. The third kappa shape index (κ3) is 4.02. The Kier molecular flexibility index (Phi) is 5.15. The number of thiazole rings is 1. The molecule has 0 atom stereocenters. The SMILES string of the molecule is Cc1csc(S(=O)(=O)CCCNC(=O)C2CCCC2)n1. The summed E-state index contributed by atoms with van der Waals surface area (Å²) in [5.74, 6) is 0.239. The van der Waals surface area contributed by atoms with Crippen LogP contribution in [0.1, 0.15) is 37.8 Å². The summed E-state index contributed by atoms with van der Waals surface area (Å²) in [7, 11) is -3.30. The van der Waals surface area contributed by atoms with Crippen LogP contribution in [0.25, 0.3) is 0 Å². The van der Waals surface area contributed by atoms with E-state index >= 15 is 0 Å². The van der Waals surface area contributed by atoms with Crippen molar-refractivity contribution in [3.63, 3.8) is 0 Å². The lowest BCUT2D eigenvalue weighted by molar-refractivity contribution is -0.124. The minimum atomic E-state index is -3.30. The second-order valence-corrected chi connectivity index (χ2v) is 8.34. The predicted octanol–water partition coefficient (Wildman–Crippen LogP) is 1.92. The van der Waals surface area contributed by atoms with Crippen LogP contribution in [0.2, 0.25) is 0 Å². The molecule has 1 saturated carbocycles. The van der Waals surface area contributed by atoms with E-state index in [4.69, 9.17) is 0 Å². The molecule has 1 amide bonds. The fraction of sp³-hybridized carbons (Fsp3) is 0.692. The van der Waals surface area contributed by atoms with Crippen LogP contribution in [0.4, 0.5) is 0 Å². The molecule has 5 nitrogen and oxygen atoms in total. The first-order chi connectivity index (χ1) is 9.49. The molecule has 1 aliphatic rings. The summed E-state index contributed by atoms with van der Waals surface area (Å²) >= 11 is 1.15. The van der Waals surface area contributed by atoms with Gasteiger partial charge in [0.15, 0.2) is 0 Å². The van der Waals surface area contributed by atoms with Crippen molar-refractivity contribution in [2.24, 2.45) is 5.92 Å². The molecule has 1 aromatic heterocycles. The number of hydrogen-bond donors (Lipinski definition) is 1. The van der Waals surface area contributed by atoms with Crippen LogP contribution in [-0.4, -0.2) is 31.6 Å². The van der Waals surface area contributed by atoms with Crippen molar-refractivity contribution >= 4 is 27.1 Å². The number of nitrogens with one attached hydrogen (secondary N) is 1. The molecule has 7 heteroatoms. The highest BCUT2D eigenvalue weighted by molar-refractivity contribution is 7.93. The molecule has 1 aliphatic carbocycles. The van der Waals surface area contributed by atoms with Gasteiger partial charge in [0.1, 0.15) is 0 Å². The molecule has 0 saturated heterocycles. The highest BCUT2D eigenvalue weighted by atomic mass is 32.2. The summed E-state index contributed by atoms with van der Waals surface area (Å²) < 4.78 is 24.1. The van der Waals surface area contributed by atoms with Gasteiger partial charge in [0, 0.05) is 23.5 Å². The fourth-order valence-electron chi connectivity index (χ4n) is 2.37. The number of amides is 1. The molecule has 0 unspecified atom stereocenters. The van der Waals surface area contributed by atoms with Crippen LogP contribution >= 0.6 is 11.3 Å². The lowest BCUT2D eigenvalue weighted by Gasteiger charge is -2.09. The highest BCUT2D eigenvalue weighted by Crippen LogP contribution is 2.24. The summed E-state index contributed by atoms with van der Waals surface area (Å²) in [5.41, 5.74) is 0.725. The molecule has 1 aromatic rings. The van der Waals surface area contributed by atoms with E-state index in [-0.39, 0.29) is 21.9 Å². The zero-order chi connectivity index (χ0) is 14.6. The lowest BCUT2D eigenvalue weighted by atomic mass is 10.1. The summed E-state index contributed by atoms with van der Waals surface area (Å²) in [6, 6.07) is 0. The fourth-order valence-corrected chi connectivity index (χ4v) is 4.85. The summed E-state index contributed by atoms with van der Waals surface area (Å²) in [6.07, 6.45) is 4.59. The van der Waals surface area contributed by atoms with Gasteiger partial charge in [0.05, 0.1) is 5.75 Å². The van der Waals surface area contributed by atoms with E-state index in [0.29, 0.717) is 13.0 Å². The summed E-state index contributed by atoms with van der Waals surface area (Å²) in [4.78, 5) is 15.8. The van der Waals surface area contributed by atoms with Crippen molar-refractivity contribution in [2.45, 2.75) is 43.4 Å². The van der Waals surface area contributed by atoms with Crippen LogP contribution in [0.15, 0.2) is 9.72 Å². The van der Waals surface area contributed by atoms with E-state index < -0.39 is 9.84 Å². The van der Waals surface area contributed by atoms with Gasteiger partial charge in [-0.05, 0) is 26.2 Å². The van der Waals surface area contributed by atoms with E-state index in [0.717, 1.165) is 42.7 Å². The van der Waals surface area contributed by atoms with Crippen molar-refractivity contribution in [3.05, 3.63) is 11.1 Å². The minimum Gasteiger partial charge on any atom is -0.356 e. The standard InChI is InChI=1S/C13H20N2O3S2/c1-10-9-19-13(15-10)20(17,18)8-4-7-14-12(16)11-5-2-3-6-11/h9,11H,2-8H2,1H3,(H,14,16). The summed E-state index contributed by atoms with van der Waals surface area (Å²) in [6.45, 7) is 2.19. The number of carbonyl (C=O) groups excluding carboxylic acids is 1. The quantitative estimate of drug-likeness (QED) is 0.814. The van der Waals surface area contributed by atoms with Gasteiger partial charge in [0.25, 0.3) is 0 Å². The third-order valence-corrected chi connectivity index (χ3v) is 6.73. The topological polar surface area (TPSA) is 76.1 Å². The van der Waals surface area contributed by atoms with Gasteiger partial charge in [-0.15, -0.1) is 11.3 Å². The Morgan fingerprint density at radius 3 is 2.75 bits per heavy atom.